The summed E-state index contributed by atoms with van der Waals surface area (Å²) in [4.78, 5) is 52.0. The lowest BCUT2D eigenvalue weighted by Crippen LogP contribution is -2.37. The number of ether oxygens (including phenoxy) is 1. The molecule has 1 atom stereocenters. The van der Waals surface area contributed by atoms with E-state index in [-0.39, 0.29) is 36.4 Å². The normalized spacial score (nSPS) is 18.5. The minimum atomic E-state index is -0.715. The third kappa shape index (κ3) is 3.24. The van der Waals surface area contributed by atoms with Crippen LogP contribution in [0.25, 0.3) is 0 Å². The Kier molecular flexibility index (Phi) is 4.37. The first-order valence-electron chi connectivity index (χ1n) is 9.52. The van der Waals surface area contributed by atoms with Gasteiger partial charge in [0.05, 0.1) is 0 Å². The highest BCUT2D eigenvalue weighted by molar-refractivity contribution is 6.29. The number of carbonyl (C=O) groups excluding carboxylic acids is 4. The zero-order valence-corrected chi connectivity index (χ0v) is 16.5. The summed E-state index contributed by atoms with van der Waals surface area (Å²) in [7, 11) is 0. The number of ketones is 2. The Bertz CT molecular complexity index is 1060. The van der Waals surface area contributed by atoms with E-state index < -0.39 is 11.7 Å². The van der Waals surface area contributed by atoms with Gasteiger partial charge in [-0.05, 0) is 26.3 Å². The Balaban J connectivity index is 1.70. The van der Waals surface area contributed by atoms with Crippen LogP contribution in [0.5, 0.6) is 0 Å². The van der Waals surface area contributed by atoms with Crippen molar-refractivity contribution in [3.63, 3.8) is 0 Å². The van der Waals surface area contributed by atoms with Gasteiger partial charge in [0.15, 0.2) is 11.6 Å². The highest BCUT2D eigenvalue weighted by Gasteiger charge is 2.40. The number of nitrogens with zero attached hydrogens (tertiary/aromatic N) is 1. The van der Waals surface area contributed by atoms with Crippen LogP contribution in [-0.4, -0.2) is 40.6 Å². The van der Waals surface area contributed by atoms with Crippen LogP contribution >= 0.6 is 0 Å². The Morgan fingerprint density at radius 2 is 1.55 bits per heavy atom. The lowest BCUT2D eigenvalue weighted by atomic mass is 9.79. The van der Waals surface area contributed by atoms with Crippen molar-refractivity contribution in [1.82, 2.24) is 4.90 Å². The molecule has 148 valence electrons. The smallest absolute Gasteiger partial charge is 0.417 e. The van der Waals surface area contributed by atoms with Crippen molar-refractivity contribution < 1.29 is 23.9 Å². The molecule has 2 aromatic rings. The molecule has 0 spiro atoms. The van der Waals surface area contributed by atoms with E-state index in [4.69, 9.17) is 4.74 Å². The lowest BCUT2D eigenvalue weighted by Gasteiger charge is -2.24. The molecule has 6 nitrogen and oxygen atoms in total. The van der Waals surface area contributed by atoms with Crippen molar-refractivity contribution in [3.05, 3.63) is 70.3 Å². The fourth-order valence-electron chi connectivity index (χ4n) is 3.92. The van der Waals surface area contributed by atoms with E-state index in [2.05, 4.69) is 0 Å². The van der Waals surface area contributed by atoms with Crippen molar-refractivity contribution in [2.75, 3.05) is 6.54 Å². The van der Waals surface area contributed by atoms with E-state index in [1.165, 1.54) is 0 Å². The average molecular weight is 391 g/mol. The number of hydrogen-bond donors (Lipinski definition) is 0. The molecular formula is C23H21NO5. The quantitative estimate of drug-likeness (QED) is 0.632. The Morgan fingerprint density at radius 3 is 2.21 bits per heavy atom. The van der Waals surface area contributed by atoms with E-state index in [1.54, 1.807) is 63.2 Å². The maximum atomic E-state index is 13.2. The number of benzene rings is 2. The van der Waals surface area contributed by atoms with E-state index in [9.17, 15) is 19.2 Å². The van der Waals surface area contributed by atoms with Crippen LogP contribution in [0, 0.1) is 0 Å². The first kappa shape index (κ1) is 19.1. The first-order chi connectivity index (χ1) is 13.7. The largest absolute Gasteiger partial charge is 0.443 e. The maximum absolute atomic E-state index is 13.2. The molecule has 29 heavy (non-hydrogen) atoms. The van der Waals surface area contributed by atoms with Crippen LogP contribution in [0.1, 0.15) is 70.5 Å². The van der Waals surface area contributed by atoms with Gasteiger partial charge < -0.3 is 4.74 Å². The molecule has 6 heteroatoms. The van der Waals surface area contributed by atoms with E-state index in [0.717, 1.165) is 4.90 Å². The molecule has 4 rings (SSSR count). The molecule has 1 heterocycles. The Morgan fingerprint density at radius 1 is 0.931 bits per heavy atom. The molecule has 0 aromatic heterocycles. The fourth-order valence-corrected chi connectivity index (χ4v) is 3.92. The van der Waals surface area contributed by atoms with Gasteiger partial charge in [0.1, 0.15) is 5.60 Å². The number of amides is 2. The molecule has 0 bridgehead atoms. The number of carbonyl (C=O) groups is 4. The highest BCUT2D eigenvalue weighted by Crippen LogP contribution is 2.37. The van der Waals surface area contributed by atoms with Crippen LogP contribution < -0.4 is 0 Å². The van der Waals surface area contributed by atoms with Gasteiger partial charge in [-0.25, -0.2) is 9.69 Å². The third-order valence-electron chi connectivity index (χ3n) is 5.16. The van der Waals surface area contributed by atoms with Crippen LogP contribution in [0.3, 0.4) is 0 Å². The van der Waals surface area contributed by atoms with E-state index in [0.29, 0.717) is 27.8 Å². The second kappa shape index (κ2) is 6.65. The predicted molar refractivity (Wildman–Crippen MR) is 105 cm³/mol. The summed E-state index contributed by atoms with van der Waals surface area (Å²) in [6.07, 6.45) is -0.610. The second-order valence-electron chi connectivity index (χ2n) is 8.36. The van der Waals surface area contributed by atoms with Crippen molar-refractivity contribution in [3.8, 4) is 0 Å². The third-order valence-corrected chi connectivity index (χ3v) is 5.16. The molecule has 1 saturated heterocycles. The number of fused-ring (bicyclic) bond motifs is 2. The number of rotatable bonds is 1. The fraction of sp³-hybridized carbons (Fsp3) is 0.304. The standard InChI is InChI=1S/C23H21NO5/c1-23(2,3)29-22(28)24-12-13(11-18(24)25)14-9-6-10-17-19(14)21(27)16-8-5-4-7-15(16)20(17)26/h4-10,13H,11-12H2,1-3H3. The van der Waals surface area contributed by atoms with Crippen LogP contribution in [0.4, 0.5) is 4.79 Å². The van der Waals surface area contributed by atoms with Crippen LogP contribution in [-0.2, 0) is 9.53 Å². The lowest BCUT2D eigenvalue weighted by molar-refractivity contribution is -0.127. The summed E-state index contributed by atoms with van der Waals surface area (Å²) < 4.78 is 5.32. The van der Waals surface area contributed by atoms with Crippen molar-refractivity contribution in [2.45, 2.75) is 38.7 Å². The molecule has 2 aromatic carbocycles. The summed E-state index contributed by atoms with van der Waals surface area (Å²) in [6, 6.07) is 11.9. The zero-order valence-electron chi connectivity index (χ0n) is 16.5. The van der Waals surface area contributed by atoms with Crippen molar-refractivity contribution in [2.24, 2.45) is 0 Å². The van der Waals surface area contributed by atoms with Gasteiger partial charge in [0.25, 0.3) is 0 Å². The topological polar surface area (TPSA) is 80.8 Å². The highest BCUT2D eigenvalue weighted by atomic mass is 16.6. The van der Waals surface area contributed by atoms with Gasteiger partial charge in [-0.2, -0.15) is 0 Å². The summed E-state index contributed by atoms with van der Waals surface area (Å²) in [5.74, 6) is -1.15. The minimum Gasteiger partial charge on any atom is -0.443 e. The predicted octanol–water partition coefficient (Wildman–Crippen LogP) is 3.71. The Hall–Kier alpha value is -3.28. The van der Waals surface area contributed by atoms with Crippen molar-refractivity contribution in [1.29, 1.82) is 0 Å². The Labute approximate surface area is 168 Å². The van der Waals surface area contributed by atoms with Gasteiger partial charge in [-0.15, -0.1) is 0 Å². The maximum Gasteiger partial charge on any atom is 0.417 e. The number of hydrogen-bond acceptors (Lipinski definition) is 5. The first-order valence-corrected chi connectivity index (χ1v) is 9.52. The van der Waals surface area contributed by atoms with Gasteiger partial charge in [-0.1, -0.05) is 42.5 Å². The molecule has 2 amide bonds. The van der Waals surface area contributed by atoms with Crippen LogP contribution in [0.15, 0.2) is 42.5 Å². The zero-order chi connectivity index (χ0) is 20.9. The minimum absolute atomic E-state index is 0.0822. The number of likely N-dealkylation sites (tertiary alicyclic amines) is 1. The van der Waals surface area contributed by atoms with Gasteiger partial charge in [0.2, 0.25) is 5.91 Å². The monoisotopic (exact) mass is 391 g/mol. The molecule has 0 saturated carbocycles. The van der Waals surface area contributed by atoms with Gasteiger partial charge in [0, 0.05) is 41.1 Å². The molecule has 1 aliphatic carbocycles. The average Bonchev–Trinajstić information content (AvgIpc) is 3.06. The number of imide groups is 1. The van der Waals surface area contributed by atoms with Crippen LogP contribution in [0.2, 0.25) is 0 Å². The summed E-state index contributed by atoms with van der Waals surface area (Å²) in [5.41, 5.74) is 1.34. The molecule has 2 aliphatic rings. The molecular weight excluding hydrogens is 370 g/mol. The summed E-state index contributed by atoms with van der Waals surface area (Å²) >= 11 is 0. The SMILES string of the molecule is CC(C)(C)OC(=O)N1CC(c2cccc3c2C(=O)c2ccccc2C3=O)CC1=O. The molecule has 1 aliphatic heterocycles. The van der Waals surface area contributed by atoms with E-state index in [1.807, 2.05) is 0 Å². The van der Waals surface area contributed by atoms with Gasteiger partial charge in [-0.3, -0.25) is 14.4 Å². The van der Waals surface area contributed by atoms with Crippen molar-refractivity contribution >= 4 is 23.6 Å². The molecule has 0 N–H and O–H groups in total. The van der Waals surface area contributed by atoms with E-state index >= 15 is 0 Å². The van der Waals surface area contributed by atoms with Gasteiger partial charge >= 0.3 is 6.09 Å². The summed E-state index contributed by atoms with van der Waals surface area (Å²) in [5, 5.41) is 0. The molecule has 0 radical (unpaired) electrons. The molecule has 1 unspecified atom stereocenters. The molecule has 1 fully saturated rings. The summed E-state index contributed by atoms with van der Waals surface area (Å²) in [6.45, 7) is 5.32. The second-order valence-corrected chi connectivity index (χ2v) is 8.36.